The molecule has 4 atom stereocenters. The Hall–Kier alpha value is -5.79. The normalized spacial score (nSPS) is 20.2. The predicted molar refractivity (Wildman–Crippen MR) is 207 cm³/mol. The van der Waals surface area contributed by atoms with Crippen molar-refractivity contribution in [1.82, 2.24) is 4.90 Å². The van der Waals surface area contributed by atoms with Crippen molar-refractivity contribution in [2.24, 2.45) is 5.92 Å². The number of carbonyl (C=O) groups is 1. The number of non-ortho nitro benzene ring substituents is 1. The number of nitro groups is 1. The number of hydrogen-bond donors (Lipinski definition) is 3. The number of piperazine rings is 1. The second-order valence-electron chi connectivity index (χ2n) is 13.5. The largest absolute Gasteiger partial charge is 0.457 e. The van der Waals surface area contributed by atoms with Crippen LogP contribution in [0.25, 0.3) is 0 Å². The first kappa shape index (κ1) is 36.6. The van der Waals surface area contributed by atoms with Crippen LogP contribution in [-0.2, 0) is 16.1 Å². The van der Waals surface area contributed by atoms with E-state index in [0.29, 0.717) is 23.7 Å². The molecule has 2 saturated heterocycles. The van der Waals surface area contributed by atoms with Crippen molar-refractivity contribution in [2.45, 2.75) is 32.0 Å². The van der Waals surface area contributed by atoms with Gasteiger partial charge in [0.15, 0.2) is 6.29 Å². The lowest BCUT2D eigenvalue weighted by Crippen LogP contribution is -2.51. The number of aliphatic hydroxyl groups is 1. The SMILES string of the molecule is C[C@@H]1[C@H](CN2CCN(c3ccc([N+](=O)[O-])cc3)CC2)O[C@H](c2ccc(NC(=O)Nc3ccc(Oc4ccccc4)cc3)cc2)O[C@@H]1c1ccc(CO)cc1. The molecular weight excluding hydrogens is 686 g/mol. The average Bonchev–Trinajstić information content (AvgIpc) is 3.20. The minimum Gasteiger partial charge on any atom is -0.457 e. The van der Waals surface area contributed by atoms with Gasteiger partial charge in [-0.3, -0.25) is 15.0 Å². The van der Waals surface area contributed by atoms with Gasteiger partial charge >= 0.3 is 6.03 Å². The summed E-state index contributed by atoms with van der Waals surface area (Å²) in [5.74, 6) is 1.42. The van der Waals surface area contributed by atoms with Crippen LogP contribution in [0.3, 0.4) is 0 Å². The Morgan fingerprint density at radius 3 is 1.98 bits per heavy atom. The summed E-state index contributed by atoms with van der Waals surface area (Å²) in [6, 6.07) is 38.3. The molecular formula is C42H43N5O7. The van der Waals surface area contributed by atoms with Crippen molar-refractivity contribution in [2.75, 3.05) is 48.3 Å². The summed E-state index contributed by atoms with van der Waals surface area (Å²) in [6.45, 7) is 6.05. The lowest BCUT2D eigenvalue weighted by molar-refractivity contribution is -0.384. The van der Waals surface area contributed by atoms with Gasteiger partial charge in [0.05, 0.1) is 23.7 Å². The fourth-order valence-corrected chi connectivity index (χ4v) is 6.80. The third kappa shape index (κ3) is 9.04. The minimum absolute atomic E-state index is 0.0255. The third-order valence-corrected chi connectivity index (χ3v) is 9.89. The van der Waals surface area contributed by atoms with Crippen LogP contribution in [0.1, 0.15) is 36.0 Å². The second kappa shape index (κ2) is 16.9. The van der Waals surface area contributed by atoms with Crippen LogP contribution in [0, 0.1) is 16.0 Å². The van der Waals surface area contributed by atoms with E-state index in [1.54, 1.807) is 36.4 Å². The average molecular weight is 730 g/mol. The van der Waals surface area contributed by atoms with Crippen molar-refractivity contribution in [1.29, 1.82) is 0 Å². The van der Waals surface area contributed by atoms with Crippen molar-refractivity contribution in [3.8, 4) is 11.5 Å². The molecule has 0 bridgehead atoms. The van der Waals surface area contributed by atoms with Gasteiger partial charge in [0.1, 0.15) is 11.5 Å². The van der Waals surface area contributed by atoms with Gasteiger partial charge in [-0.05, 0) is 71.8 Å². The maximum atomic E-state index is 12.8. The van der Waals surface area contributed by atoms with Gasteiger partial charge in [0.2, 0.25) is 0 Å². The smallest absolute Gasteiger partial charge is 0.323 e. The monoisotopic (exact) mass is 729 g/mol. The number of amides is 2. The number of urea groups is 1. The van der Waals surface area contributed by atoms with Crippen LogP contribution in [0.5, 0.6) is 11.5 Å². The number of ether oxygens (including phenoxy) is 3. The van der Waals surface area contributed by atoms with Crippen LogP contribution in [0.2, 0.25) is 0 Å². The predicted octanol–water partition coefficient (Wildman–Crippen LogP) is 8.14. The fourth-order valence-electron chi connectivity index (χ4n) is 6.80. The Kier molecular flexibility index (Phi) is 11.5. The van der Waals surface area contributed by atoms with Crippen LogP contribution in [0.4, 0.5) is 27.5 Å². The fraction of sp³-hybridized carbons (Fsp3) is 0.262. The molecule has 2 aliphatic rings. The van der Waals surface area contributed by atoms with Gasteiger partial charge < -0.3 is 34.9 Å². The Labute approximate surface area is 314 Å². The topological polar surface area (TPSA) is 139 Å². The van der Waals surface area contributed by atoms with E-state index in [9.17, 15) is 20.0 Å². The number of nitrogens with one attached hydrogen (secondary N) is 2. The maximum Gasteiger partial charge on any atom is 0.323 e. The molecule has 5 aromatic rings. The highest BCUT2D eigenvalue weighted by molar-refractivity contribution is 5.99. The first-order valence-electron chi connectivity index (χ1n) is 18.0. The summed E-state index contributed by atoms with van der Waals surface area (Å²) in [5.41, 5.74) is 4.96. The number of anilines is 3. The van der Waals surface area contributed by atoms with Crippen molar-refractivity contribution in [3.05, 3.63) is 154 Å². The Bertz CT molecular complexity index is 1990. The molecule has 12 heteroatoms. The minimum atomic E-state index is -0.644. The van der Waals surface area contributed by atoms with Crippen LogP contribution >= 0.6 is 0 Å². The molecule has 54 heavy (non-hydrogen) atoms. The van der Waals surface area contributed by atoms with E-state index in [2.05, 4.69) is 27.4 Å². The van der Waals surface area contributed by atoms with Gasteiger partial charge in [-0.1, -0.05) is 61.5 Å². The Morgan fingerprint density at radius 1 is 0.778 bits per heavy atom. The number of para-hydroxylation sites is 1. The van der Waals surface area contributed by atoms with Crippen LogP contribution in [-0.4, -0.2) is 59.8 Å². The van der Waals surface area contributed by atoms with E-state index in [0.717, 1.165) is 54.3 Å². The standard InChI is InChI=1S/C42H43N5O7/c1-29-39(27-45-23-25-46(26-24-45)35-17-19-36(20-18-35)47(50)51)53-41(54-40(29)31-9-7-30(28-48)8-10-31)32-11-13-33(14-12-32)43-42(49)44-34-15-21-38(22-16-34)52-37-5-3-2-4-6-37/h2-22,29,39-41,48H,23-28H2,1H3,(H2,43,44,49)/t29-,39+,40+,41+/m1/s1. The zero-order chi connectivity index (χ0) is 37.4. The zero-order valence-corrected chi connectivity index (χ0v) is 29.9. The van der Waals surface area contributed by atoms with E-state index in [1.807, 2.05) is 91.0 Å². The van der Waals surface area contributed by atoms with E-state index in [-0.39, 0.29) is 41.4 Å². The number of benzene rings is 5. The summed E-state index contributed by atoms with van der Waals surface area (Å²) < 4.78 is 19.2. The first-order chi connectivity index (χ1) is 26.3. The van der Waals surface area contributed by atoms with Crippen molar-refractivity contribution >= 4 is 28.8 Å². The molecule has 5 aromatic carbocycles. The van der Waals surface area contributed by atoms with Crippen molar-refractivity contribution in [3.63, 3.8) is 0 Å². The van der Waals surface area contributed by atoms with Gasteiger partial charge in [-0.2, -0.15) is 0 Å². The molecule has 0 aliphatic carbocycles. The number of hydrogen-bond acceptors (Lipinski definition) is 9. The number of nitrogens with zero attached hydrogens (tertiary/aromatic N) is 3. The molecule has 2 aliphatic heterocycles. The summed E-state index contributed by atoms with van der Waals surface area (Å²) in [5, 5.41) is 26.5. The molecule has 0 spiro atoms. The highest BCUT2D eigenvalue weighted by Crippen LogP contribution is 2.42. The molecule has 0 unspecified atom stereocenters. The number of carbonyl (C=O) groups excluding carboxylic acids is 1. The van der Waals surface area contributed by atoms with E-state index < -0.39 is 6.29 Å². The van der Waals surface area contributed by atoms with E-state index in [1.165, 1.54) is 0 Å². The van der Waals surface area contributed by atoms with Gasteiger partial charge in [0, 0.05) is 73.4 Å². The molecule has 0 saturated carbocycles. The Balaban J connectivity index is 0.985. The molecule has 2 fully saturated rings. The van der Waals surface area contributed by atoms with Gasteiger partial charge in [0.25, 0.3) is 5.69 Å². The summed E-state index contributed by atoms with van der Waals surface area (Å²) >= 11 is 0. The van der Waals surface area contributed by atoms with Gasteiger partial charge in [-0.25, -0.2) is 4.79 Å². The van der Waals surface area contributed by atoms with Crippen molar-refractivity contribution < 1.29 is 29.0 Å². The molecule has 3 N–H and O–H groups in total. The van der Waals surface area contributed by atoms with Crippen LogP contribution < -0.4 is 20.3 Å². The third-order valence-electron chi connectivity index (χ3n) is 9.89. The quantitative estimate of drug-likeness (QED) is 0.0909. The lowest BCUT2D eigenvalue weighted by Gasteiger charge is -2.44. The summed E-state index contributed by atoms with van der Waals surface area (Å²) in [7, 11) is 0. The maximum absolute atomic E-state index is 12.8. The number of aliphatic hydroxyl groups excluding tert-OH is 1. The molecule has 2 amide bonds. The highest BCUT2D eigenvalue weighted by atomic mass is 16.7. The summed E-state index contributed by atoms with van der Waals surface area (Å²) in [4.78, 5) is 28.2. The molecule has 278 valence electrons. The number of rotatable bonds is 11. The molecule has 0 aromatic heterocycles. The molecule has 2 heterocycles. The van der Waals surface area contributed by atoms with E-state index in [4.69, 9.17) is 14.2 Å². The summed E-state index contributed by atoms with van der Waals surface area (Å²) in [6.07, 6.45) is -1.05. The highest BCUT2D eigenvalue weighted by Gasteiger charge is 2.39. The Morgan fingerprint density at radius 2 is 1.37 bits per heavy atom. The first-order valence-corrected chi connectivity index (χ1v) is 18.0. The molecule has 7 rings (SSSR count). The second-order valence-corrected chi connectivity index (χ2v) is 13.5. The van der Waals surface area contributed by atoms with Crippen LogP contribution in [0.15, 0.2) is 127 Å². The zero-order valence-electron chi connectivity index (χ0n) is 29.9. The number of nitro benzene ring substituents is 1. The van der Waals surface area contributed by atoms with E-state index >= 15 is 0 Å². The lowest BCUT2D eigenvalue weighted by atomic mass is 9.90. The molecule has 12 nitrogen and oxygen atoms in total. The van der Waals surface area contributed by atoms with Gasteiger partial charge in [-0.15, -0.1) is 0 Å². The molecule has 0 radical (unpaired) electrons.